The molecule has 0 radical (unpaired) electrons. The summed E-state index contributed by atoms with van der Waals surface area (Å²) in [5.41, 5.74) is 1.43. The van der Waals surface area contributed by atoms with Crippen molar-refractivity contribution < 1.29 is 43.1 Å². The Morgan fingerprint density at radius 1 is 0.714 bits per heavy atom. The Balaban J connectivity index is 1.79. The number of ether oxygens (including phenoxy) is 1. The number of esters is 1. The molecular formula is C47H67N7O9. The number of carbonyl (C=O) groups is 8. The predicted octanol–water partition coefficient (Wildman–Crippen LogP) is 2.33. The number of cyclic esters (lactones) is 1. The van der Waals surface area contributed by atoms with E-state index in [2.05, 4.69) is 31.9 Å². The van der Waals surface area contributed by atoms with Crippen molar-refractivity contribution in [1.82, 2.24) is 36.8 Å². The minimum absolute atomic E-state index is 0.000433. The standard InChI is InChI=1S/C47H67N7O9/c1-10-29(8)39(49-35(55)25-32-20-15-12-16-21-32)44(59)53-40-30(9)63-47(62)38(28(6)7)52-43(58)37(27(4)5)51-42(57)36(26(2)3)50-41(56)34-22-17-23-54(34)46(61)33(48-45(40)60)24-31-18-13-11-14-19-31/h11-16,18-21,26-30,33-34,36-40H,10,17,22-25H2,1-9H3,(H,48,60)(H,49,55)(H,50,56)(H,51,57)(H,52,58)(H,53,59)/t29-,30+,33-,34-,36-,37-,38?,39-,40-/m0/s1. The van der Waals surface area contributed by atoms with Crippen molar-refractivity contribution in [2.45, 2.75) is 143 Å². The molecule has 16 nitrogen and oxygen atoms in total. The monoisotopic (exact) mass is 874 g/mol. The largest absolute Gasteiger partial charge is 0.458 e. The van der Waals surface area contributed by atoms with Gasteiger partial charge in [-0.3, -0.25) is 33.6 Å². The lowest BCUT2D eigenvalue weighted by Crippen LogP contribution is -2.62. The molecule has 4 rings (SSSR count). The SMILES string of the molecule is CC[C@H](C)[C@H](NC(=O)Cc1ccccc1)C(=O)N[C@@H]1C(=O)N[C@@H](Cc2ccccc2)C(=O)N2CCC[C@H]2C(=O)N[C@@H](C(C)C)C(=O)N[C@@H](C(C)C)C(=O)NC(C(C)C)C(=O)O[C@@H]1C. The zero-order chi connectivity index (χ0) is 46.5. The molecule has 0 saturated carbocycles. The van der Waals surface area contributed by atoms with Crippen LogP contribution in [0.2, 0.25) is 0 Å². The third-order valence-corrected chi connectivity index (χ3v) is 11.8. The first kappa shape index (κ1) is 49.9. The van der Waals surface area contributed by atoms with Crippen molar-refractivity contribution in [2.75, 3.05) is 6.54 Å². The second kappa shape index (κ2) is 23.0. The Morgan fingerprint density at radius 3 is 1.78 bits per heavy atom. The summed E-state index contributed by atoms with van der Waals surface area (Å²) in [6.07, 6.45) is -0.133. The molecule has 2 saturated heterocycles. The molecule has 2 aliphatic rings. The summed E-state index contributed by atoms with van der Waals surface area (Å²) < 4.78 is 5.92. The van der Waals surface area contributed by atoms with Crippen molar-refractivity contribution in [1.29, 1.82) is 0 Å². The van der Waals surface area contributed by atoms with E-state index in [-0.39, 0.29) is 19.4 Å². The van der Waals surface area contributed by atoms with E-state index < -0.39 is 119 Å². The van der Waals surface area contributed by atoms with E-state index in [0.29, 0.717) is 24.8 Å². The van der Waals surface area contributed by atoms with Crippen molar-refractivity contribution >= 4 is 47.3 Å². The summed E-state index contributed by atoms with van der Waals surface area (Å²) >= 11 is 0. The number of carbonyl (C=O) groups excluding carboxylic acids is 8. The minimum Gasteiger partial charge on any atom is -0.458 e. The third kappa shape index (κ3) is 13.6. The average molecular weight is 874 g/mol. The first-order valence-electron chi connectivity index (χ1n) is 22.2. The summed E-state index contributed by atoms with van der Waals surface area (Å²) in [5, 5.41) is 16.7. The van der Waals surface area contributed by atoms with Gasteiger partial charge in [0.15, 0.2) is 0 Å². The van der Waals surface area contributed by atoms with Crippen LogP contribution in [0.25, 0.3) is 0 Å². The number of fused-ring (bicyclic) bond motifs is 1. The van der Waals surface area contributed by atoms with E-state index in [4.69, 9.17) is 4.74 Å². The van der Waals surface area contributed by atoms with Crippen LogP contribution in [0.3, 0.4) is 0 Å². The molecule has 2 fully saturated rings. The van der Waals surface area contributed by atoms with E-state index in [1.54, 1.807) is 97.0 Å². The van der Waals surface area contributed by atoms with Crippen molar-refractivity contribution in [2.24, 2.45) is 23.7 Å². The Bertz CT molecular complexity index is 1930. The van der Waals surface area contributed by atoms with E-state index >= 15 is 0 Å². The average Bonchev–Trinajstić information content (AvgIpc) is 3.74. The van der Waals surface area contributed by atoms with Crippen LogP contribution in [0, 0.1) is 23.7 Å². The normalized spacial score (nSPS) is 25.3. The molecule has 2 heterocycles. The van der Waals surface area contributed by atoms with Crippen LogP contribution in [0.5, 0.6) is 0 Å². The molecule has 2 aromatic rings. The number of hydrogen-bond donors (Lipinski definition) is 6. The number of hydrogen-bond acceptors (Lipinski definition) is 9. The molecule has 1 unspecified atom stereocenters. The molecule has 0 aromatic heterocycles. The molecule has 0 aliphatic carbocycles. The maximum absolute atomic E-state index is 14.7. The van der Waals surface area contributed by atoms with Gasteiger partial charge < -0.3 is 41.5 Å². The van der Waals surface area contributed by atoms with E-state index in [1.165, 1.54) is 11.8 Å². The highest BCUT2D eigenvalue weighted by atomic mass is 16.5. The van der Waals surface area contributed by atoms with Gasteiger partial charge in [0.05, 0.1) is 6.42 Å². The summed E-state index contributed by atoms with van der Waals surface area (Å²) in [7, 11) is 0. The summed E-state index contributed by atoms with van der Waals surface area (Å²) in [6.45, 7) is 15.6. The zero-order valence-corrected chi connectivity index (χ0v) is 38.1. The molecule has 63 heavy (non-hydrogen) atoms. The van der Waals surface area contributed by atoms with Gasteiger partial charge in [-0.2, -0.15) is 0 Å². The van der Waals surface area contributed by atoms with Gasteiger partial charge in [-0.15, -0.1) is 0 Å². The van der Waals surface area contributed by atoms with Gasteiger partial charge >= 0.3 is 5.97 Å². The Labute approximate surface area is 371 Å². The fourth-order valence-corrected chi connectivity index (χ4v) is 7.79. The molecule has 6 N–H and O–H groups in total. The van der Waals surface area contributed by atoms with E-state index in [9.17, 15) is 38.4 Å². The van der Waals surface area contributed by atoms with Gasteiger partial charge in [-0.25, -0.2) is 4.79 Å². The van der Waals surface area contributed by atoms with Gasteiger partial charge in [0.1, 0.15) is 48.4 Å². The van der Waals surface area contributed by atoms with Gasteiger partial charge in [-0.1, -0.05) is 122 Å². The fourth-order valence-electron chi connectivity index (χ4n) is 7.79. The molecule has 16 heteroatoms. The molecule has 7 amide bonds. The first-order chi connectivity index (χ1) is 29.8. The van der Waals surface area contributed by atoms with Gasteiger partial charge in [0.2, 0.25) is 41.4 Å². The Kier molecular flexibility index (Phi) is 18.2. The topological polar surface area (TPSA) is 221 Å². The highest BCUT2D eigenvalue weighted by Gasteiger charge is 2.43. The maximum Gasteiger partial charge on any atom is 0.329 e. The second-order valence-corrected chi connectivity index (χ2v) is 17.9. The maximum atomic E-state index is 14.7. The number of nitrogens with zero attached hydrogens (tertiary/aromatic N) is 1. The summed E-state index contributed by atoms with van der Waals surface area (Å²) in [4.78, 5) is 114. The number of nitrogens with one attached hydrogen (secondary N) is 6. The number of rotatable bonds is 12. The van der Waals surface area contributed by atoms with Crippen LogP contribution < -0.4 is 31.9 Å². The molecule has 2 aromatic carbocycles. The Hall–Kier alpha value is -5.80. The molecule has 2 aliphatic heterocycles. The zero-order valence-electron chi connectivity index (χ0n) is 38.1. The van der Waals surface area contributed by atoms with Gasteiger partial charge in [-0.05, 0) is 54.6 Å². The Morgan fingerprint density at radius 2 is 1.24 bits per heavy atom. The van der Waals surface area contributed by atoms with Gasteiger partial charge in [0, 0.05) is 13.0 Å². The van der Waals surface area contributed by atoms with Gasteiger partial charge in [0.25, 0.3) is 0 Å². The van der Waals surface area contributed by atoms with Crippen LogP contribution in [0.1, 0.15) is 92.7 Å². The number of amides is 7. The quantitative estimate of drug-likeness (QED) is 0.172. The highest BCUT2D eigenvalue weighted by Crippen LogP contribution is 2.22. The van der Waals surface area contributed by atoms with Crippen LogP contribution in [-0.4, -0.2) is 107 Å². The van der Waals surface area contributed by atoms with Crippen molar-refractivity contribution in [3.63, 3.8) is 0 Å². The highest BCUT2D eigenvalue weighted by molar-refractivity contribution is 5.98. The third-order valence-electron chi connectivity index (χ3n) is 11.8. The lowest BCUT2D eigenvalue weighted by molar-refractivity contribution is -0.157. The van der Waals surface area contributed by atoms with Crippen molar-refractivity contribution in [3.05, 3.63) is 71.8 Å². The van der Waals surface area contributed by atoms with E-state index in [1.807, 2.05) is 19.1 Å². The molecular weight excluding hydrogens is 807 g/mol. The van der Waals surface area contributed by atoms with Crippen LogP contribution in [-0.2, 0) is 55.9 Å². The number of benzene rings is 2. The smallest absolute Gasteiger partial charge is 0.329 e. The summed E-state index contributed by atoms with van der Waals surface area (Å²) in [5.74, 6) is -7.14. The van der Waals surface area contributed by atoms with Crippen molar-refractivity contribution in [3.8, 4) is 0 Å². The first-order valence-corrected chi connectivity index (χ1v) is 22.2. The van der Waals surface area contributed by atoms with Crippen LogP contribution in [0.4, 0.5) is 0 Å². The predicted molar refractivity (Wildman–Crippen MR) is 236 cm³/mol. The lowest BCUT2D eigenvalue weighted by atomic mass is 9.97. The lowest BCUT2D eigenvalue weighted by Gasteiger charge is -2.33. The van der Waals surface area contributed by atoms with Crippen LogP contribution in [0.15, 0.2) is 60.7 Å². The van der Waals surface area contributed by atoms with Crippen LogP contribution >= 0.6 is 0 Å². The molecule has 0 bridgehead atoms. The fraction of sp³-hybridized carbons (Fsp3) is 0.574. The second-order valence-electron chi connectivity index (χ2n) is 17.9. The summed E-state index contributed by atoms with van der Waals surface area (Å²) in [6, 6.07) is 9.56. The molecule has 344 valence electrons. The van der Waals surface area contributed by atoms with E-state index in [0.717, 1.165) is 5.56 Å². The molecule has 9 atom stereocenters. The minimum atomic E-state index is -1.61. The molecule has 0 spiro atoms.